The van der Waals surface area contributed by atoms with Crippen molar-refractivity contribution in [3.63, 3.8) is 0 Å². The van der Waals surface area contributed by atoms with E-state index < -0.39 is 24.3 Å². The molecule has 0 spiro atoms. The minimum Gasteiger partial charge on any atom is -0.478 e. The van der Waals surface area contributed by atoms with Crippen molar-refractivity contribution in [1.82, 2.24) is 0 Å². The number of aromatic carboxylic acids is 1. The van der Waals surface area contributed by atoms with Crippen LogP contribution in [0.2, 0.25) is 0 Å². The molecule has 2 rings (SSSR count). The monoisotopic (exact) mass is 314 g/mol. The average molecular weight is 314 g/mol. The molecule has 1 aromatic rings. The van der Waals surface area contributed by atoms with Gasteiger partial charge in [-0.05, 0) is 70.6 Å². The third-order valence-corrected chi connectivity index (χ3v) is 5.16. The van der Waals surface area contributed by atoms with Crippen LogP contribution in [-0.2, 0) is 9.31 Å². The second-order valence-electron chi connectivity index (χ2n) is 7.08. The number of hydrogen-bond donors (Lipinski definition) is 1. The molecule has 1 heterocycles. The lowest BCUT2D eigenvalue weighted by molar-refractivity contribution is 0.00578. The normalized spacial score (nSPS) is 18.8. The van der Waals surface area contributed by atoms with Gasteiger partial charge in [0.2, 0.25) is 0 Å². The van der Waals surface area contributed by atoms with Crippen LogP contribution < -0.4 is 5.46 Å². The molecule has 0 unspecified atom stereocenters. The third-order valence-electron chi connectivity index (χ3n) is 5.16. The predicted molar refractivity (Wildman–Crippen MR) is 91.3 cm³/mol. The van der Waals surface area contributed by atoms with Crippen molar-refractivity contribution < 1.29 is 19.2 Å². The summed E-state index contributed by atoms with van der Waals surface area (Å²) in [4.78, 5) is 11.7. The molecule has 0 aromatic heterocycles. The van der Waals surface area contributed by atoms with Crippen molar-refractivity contribution in [2.45, 2.75) is 59.7 Å². The maximum absolute atomic E-state index is 11.7. The first-order valence-corrected chi connectivity index (χ1v) is 7.63. The van der Waals surface area contributed by atoms with E-state index in [-0.39, 0.29) is 5.56 Å². The highest BCUT2D eigenvalue weighted by Gasteiger charge is 2.52. The van der Waals surface area contributed by atoms with Gasteiger partial charge in [0, 0.05) is 5.56 Å². The van der Waals surface area contributed by atoms with E-state index in [4.69, 9.17) is 15.7 Å². The summed E-state index contributed by atoms with van der Waals surface area (Å²) in [6, 6.07) is 0. The van der Waals surface area contributed by atoms with E-state index in [0.29, 0.717) is 16.7 Å². The SMILES string of the molecule is C#Cc1c(C)c(B2OC(C)(C)C(C)(C)O2)c(C)c(C(=O)O)c1C. The van der Waals surface area contributed by atoms with E-state index in [1.54, 1.807) is 13.8 Å². The molecule has 0 aliphatic carbocycles. The number of hydrogen-bond acceptors (Lipinski definition) is 3. The van der Waals surface area contributed by atoms with Gasteiger partial charge in [-0.2, -0.15) is 0 Å². The van der Waals surface area contributed by atoms with Gasteiger partial charge in [0.05, 0.1) is 16.8 Å². The second-order valence-corrected chi connectivity index (χ2v) is 7.08. The minimum atomic E-state index is -0.991. The quantitative estimate of drug-likeness (QED) is 0.673. The Morgan fingerprint density at radius 3 is 1.91 bits per heavy atom. The van der Waals surface area contributed by atoms with Crippen molar-refractivity contribution in [2.75, 3.05) is 0 Å². The van der Waals surface area contributed by atoms with Crippen molar-refractivity contribution in [3.05, 3.63) is 27.8 Å². The zero-order chi connectivity index (χ0) is 17.7. The Labute approximate surface area is 138 Å². The summed E-state index contributed by atoms with van der Waals surface area (Å²) in [5.41, 5.74) is 2.64. The van der Waals surface area contributed by atoms with Gasteiger partial charge in [0.25, 0.3) is 0 Å². The molecule has 1 aliphatic heterocycles. The molecule has 1 fully saturated rings. The first-order chi connectivity index (χ1) is 10.4. The molecule has 0 radical (unpaired) electrons. The first-order valence-electron chi connectivity index (χ1n) is 7.63. The summed E-state index contributed by atoms with van der Waals surface area (Å²) < 4.78 is 12.2. The Morgan fingerprint density at radius 1 is 1.04 bits per heavy atom. The van der Waals surface area contributed by atoms with Crippen LogP contribution in [0.15, 0.2) is 0 Å². The van der Waals surface area contributed by atoms with Crippen LogP contribution in [0.1, 0.15) is 60.3 Å². The molecule has 1 saturated heterocycles. The van der Waals surface area contributed by atoms with Gasteiger partial charge in [-0.1, -0.05) is 5.92 Å². The molecule has 1 aromatic carbocycles. The topological polar surface area (TPSA) is 55.8 Å². The summed E-state index contributed by atoms with van der Waals surface area (Å²) in [5, 5.41) is 9.58. The smallest absolute Gasteiger partial charge is 0.478 e. The van der Waals surface area contributed by atoms with Crippen LogP contribution in [0.4, 0.5) is 0 Å². The lowest BCUT2D eigenvalue weighted by atomic mass is 9.70. The second kappa shape index (κ2) is 5.40. The Kier molecular flexibility index (Phi) is 4.13. The highest BCUT2D eigenvalue weighted by molar-refractivity contribution is 6.63. The van der Waals surface area contributed by atoms with Gasteiger partial charge in [-0.3, -0.25) is 0 Å². The highest BCUT2D eigenvalue weighted by atomic mass is 16.7. The number of carbonyl (C=O) groups is 1. The Morgan fingerprint density at radius 2 is 1.52 bits per heavy atom. The van der Waals surface area contributed by atoms with E-state index in [2.05, 4.69) is 5.92 Å². The van der Waals surface area contributed by atoms with Crippen molar-refractivity contribution >= 4 is 18.6 Å². The van der Waals surface area contributed by atoms with Crippen LogP contribution in [-0.4, -0.2) is 29.4 Å². The molecule has 0 saturated carbocycles. The summed E-state index contributed by atoms with van der Waals surface area (Å²) in [7, 11) is -0.634. The van der Waals surface area contributed by atoms with Crippen molar-refractivity contribution in [3.8, 4) is 12.3 Å². The molecule has 4 nitrogen and oxygen atoms in total. The predicted octanol–water partition coefficient (Wildman–Crippen LogP) is 2.59. The zero-order valence-corrected chi connectivity index (χ0v) is 14.8. The maximum Gasteiger partial charge on any atom is 0.495 e. The number of carboxylic acid groups (broad SMARTS) is 1. The average Bonchev–Trinajstić information content (AvgIpc) is 2.57. The third kappa shape index (κ3) is 2.56. The molecular formula is C18H23BO4. The van der Waals surface area contributed by atoms with Crippen LogP contribution in [0.3, 0.4) is 0 Å². The molecule has 1 N–H and O–H groups in total. The zero-order valence-electron chi connectivity index (χ0n) is 14.8. The minimum absolute atomic E-state index is 0.230. The standard InChI is InChI=1S/C18H23BO4/c1-9-13-10(2)14(16(20)21)12(4)15(11(13)3)19-22-17(5,6)18(7,8)23-19/h1H,2-8H3,(H,20,21). The molecule has 23 heavy (non-hydrogen) atoms. The number of carboxylic acids is 1. The van der Waals surface area contributed by atoms with Crippen LogP contribution in [0.5, 0.6) is 0 Å². The van der Waals surface area contributed by atoms with Gasteiger partial charge < -0.3 is 14.4 Å². The molecule has 5 heteroatoms. The van der Waals surface area contributed by atoms with Gasteiger partial charge >= 0.3 is 13.1 Å². The lowest BCUT2D eigenvalue weighted by Gasteiger charge is -2.32. The van der Waals surface area contributed by atoms with E-state index in [1.807, 2.05) is 34.6 Å². The number of terminal acetylenes is 1. The highest BCUT2D eigenvalue weighted by Crippen LogP contribution is 2.37. The Hall–Kier alpha value is -1.77. The summed E-state index contributed by atoms with van der Waals surface area (Å²) in [6.07, 6.45) is 5.62. The first kappa shape index (κ1) is 17.6. The van der Waals surface area contributed by atoms with Gasteiger partial charge in [0.1, 0.15) is 0 Å². The fourth-order valence-electron chi connectivity index (χ4n) is 3.09. The van der Waals surface area contributed by atoms with Gasteiger partial charge in [0.15, 0.2) is 0 Å². The van der Waals surface area contributed by atoms with E-state index >= 15 is 0 Å². The van der Waals surface area contributed by atoms with Crippen molar-refractivity contribution in [1.29, 1.82) is 0 Å². The van der Waals surface area contributed by atoms with Gasteiger partial charge in [-0.25, -0.2) is 4.79 Å². The molecule has 0 atom stereocenters. The fraction of sp³-hybridized carbons (Fsp3) is 0.500. The van der Waals surface area contributed by atoms with E-state index in [0.717, 1.165) is 11.0 Å². The number of benzene rings is 1. The summed E-state index contributed by atoms with van der Waals surface area (Å²) in [5.74, 6) is 1.63. The molecule has 0 amide bonds. The lowest BCUT2D eigenvalue weighted by Crippen LogP contribution is -2.41. The summed E-state index contributed by atoms with van der Waals surface area (Å²) in [6.45, 7) is 13.3. The molecule has 122 valence electrons. The number of rotatable bonds is 2. The fourth-order valence-corrected chi connectivity index (χ4v) is 3.09. The largest absolute Gasteiger partial charge is 0.495 e. The molecule has 0 bridgehead atoms. The molecule has 1 aliphatic rings. The van der Waals surface area contributed by atoms with Crippen molar-refractivity contribution in [2.24, 2.45) is 0 Å². The van der Waals surface area contributed by atoms with E-state index in [1.165, 1.54) is 0 Å². The van der Waals surface area contributed by atoms with E-state index in [9.17, 15) is 9.90 Å². The molecular weight excluding hydrogens is 291 g/mol. The maximum atomic E-state index is 11.7. The summed E-state index contributed by atoms with van der Waals surface area (Å²) >= 11 is 0. The van der Waals surface area contributed by atoms with Gasteiger partial charge in [-0.15, -0.1) is 6.42 Å². The Balaban J connectivity index is 2.72. The van der Waals surface area contributed by atoms with Crippen LogP contribution >= 0.6 is 0 Å². The van der Waals surface area contributed by atoms with Crippen LogP contribution in [0, 0.1) is 33.1 Å². The van der Waals surface area contributed by atoms with Crippen LogP contribution in [0.25, 0.3) is 0 Å². The Bertz CT molecular complexity index is 710.